The van der Waals surface area contributed by atoms with E-state index in [1.807, 2.05) is 48.7 Å². The molecule has 0 saturated carbocycles. The van der Waals surface area contributed by atoms with Crippen molar-refractivity contribution in [1.82, 2.24) is 4.40 Å². The molecule has 5 nitrogen and oxygen atoms in total. The topological polar surface area (TPSA) is 64.8 Å². The first-order valence-electron chi connectivity index (χ1n) is 9.74. The molecule has 0 N–H and O–H groups in total. The fourth-order valence-electron chi connectivity index (χ4n) is 3.42. The Labute approximate surface area is 189 Å². The number of pyridine rings is 1. The molecule has 0 amide bonds. The molecule has 0 aliphatic rings. The van der Waals surface area contributed by atoms with Crippen LogP contribution in [0.25, 0.3) is 5.52 Å². The molecule has 4 rings (SSSR count). The molecule has 0 fully saturated rings. The highest BCUT2D eigenvalue weighted by Gasteiger charge is 2.21. The van der Waals surface area contributed by atoms with Gasteiger partial charge in [0.25, 0.3) is 0 Å². The van der Waals surface area contributed by atoms with E-state index in [9.17, 15) is 13.2 Å². The third kappa shape index (κ3) is 4.16. The lowest BCUT2D eigenvalue weighted by Gasteiger charge is -2.11. The SMILES string of the molecule is CCc1cc2ccccn2c1C(=O)c1ccc(OS(=O)(=O)c2ccc(C)cc2)c(Br)c1. The van der Waals surface area contributed by atoms with Gasteiger partial charge >= 0.3 is 10.1 Å². The molecule has 0 atom stereocenters. The van der Waals surface area contributed by atoms with Crippen LogP contribution in [0.3, 0.4) is 0 Å². The van der Waals surface area contributed by atoms with Gasteiger partial charge in [0.1, 0.15) is 4.90 Å². The van der Waals surface area contributed by atoms with Crippen LogP contribution < -0.4 is 4.18 Å². The number of fused-ring (bicyclic) bond motifs is 1. The Hall–Kier alpha value is -2.90. The quantitative estimate of drug-likeness (QED) is 0.258. The highest BCUT2D eigenvalue weighted by atomic mass is 79.9. The monoisotopic (exact) mass is 497 g/mol. The summed E-state index contributed by atoms with van der Waals surface area (Å²) < 4.78 is 32.7. The maximum absolute atomic E-state index is 13.3. The van der Waals surface area contributed by atoms with Crippen molar-refractivity contribution < 1.29 is 17.4 Å². The van der Waals surface area contributed by atoms with Crippen LogP contribution in [-0.4, -0.2) is 18.6 Å². The Morgan fingerprint density at radius 2 is 1.77 bits per heavy atom. The second-order valence-corrected chi connectivity index (χ2v) is 9.59. The number of ketones is 1. The van der Waals surface area contributed by atoms with Crippen molar-refractivity contribution in [2.24, 2.45) is 0 Å². The third-order valence-corrected chi connectivity index (χ3v) is 6.93. The Balaban J connectivity index is 1.67. The number of nitrogens with zero attached hydrogens (tertiary/aromatic N) is 1. The maximum Gasteiger partial charge on any atom is 0.339 e. The summed E-state index contributed by atoms with van der Waals surface area (Å²) in [6.45, 7) is 3.89. The number of hydrogen-bond acceptors (Lipinski definition) is 4. The van der Waals surface area contributed by atoms with Crippen LogP contribution >= 0.6 is 15.9 Å². The summed E-state index contributed by atoms with van der Waals surface area (Å²) in [4.78, 5) is 13.4. The second-order valence-electron chi connectivity index (χ2n) is 7.19. The van der Waals surface area contributed by atoms with Crippen LogP contribution in [0.2, 0.25) is 0 Å². The van der Waals surface area contributed by atoms with Crippen molar-refractivity contribution in [3.63, 3.8) is 0 Å². The molecule has 158 valence electrons. The molecule has 0 aliphatic carbocycles. The van der Waals surface area contributed by atoms with Crippen LogP contribution in [0.5, 0.6) is 5.75 Å². The maximum atomic E-state index is 13.3. The average molecular weight is 498 g/mol. The highest BCUT2D eigenvalue weighted by Crippen LogP contribution is 2.30. The predicted molar refractivity (Wildman–Crippen MR) is 123 cm³/mol. The van der Waals surface area contributed by atoms with Gasteiger partial charge in [-0.3, -0.25) is 4.79 Å². The minimum Gasteiger partial charge on any atom is -0.378 e. The first-order valence-corrected chi connectivity index (χ1v) is 11.9. The molecule has 0 saturated heterocycles. The Morgan fingerprint density at radius 1 is 1.03 bits per heavy atom. The molecule has 0 unspecified atom stereocenters. The number of aromatic nitrogens is 1. The number of rotatable bonds is 6. The van der Waals surface area contributed by atoms with E-state index in [0.717, 1.165) is 23.1 Å². The number of halogens is 1. The van der Waals surface area contributed by atoms with Gasteiger partial charge in [-0.15, -0.1) is 0 Å². The zero-order valence-electron chi connectivity index (χ0n) is 17.0. The summed E-state index contributed by atoms with van der Waals surface area (Å²) >= 11 is 3.35. The van der Waals surface area contributed by atoms with Crippen molar-refractivity contribution in [3.05, 3.63) is 99.8 Å². The highest BCUT2D eigenvalue weighted by molar-refractivity contribution is 9.10. The van der Waals surface area contributed by atoms with Crippen LogP contribution in [0.4, 0.5) is 0 Å². The molecular weight excluding hydrogens is 478 g/mol. The van der Waals surface area contributed by atoms with Gasteiger partial charge in [0.2, 0.25) is 5.78 Å². The van der Waals surface area contributed by atoms with Gasteiger partial charge in [-0.2, -0.15) is 8.42 Å². The lowest BCUT2D eigenvalue weighted by atomic mass is 10.0. The molecule has 0 radical (unpaired) electrons. The smallest absolute Gasteiger partial charge is 0.339 e. The fraction of sp³-hybridized carbons (Fsp3) is 0.125. The van der Waals surface area contributed by atoms with E-state index in [2.05, 4.69) is 15.9 Å². The largest absolute Gasteiger partial charge is 0.378 e. The molecule has 2 aromatic heterocycles. The van der Waals surface area contributed by atoms with E-state index in [4.69, 9.17) is 4.18 Å². The van der Waals surface area contributed by atoms with Crippen molar-refractivity contribution in [1.29, 1.82) is 0 Å². The average Bonchev–Trinajstić information content (AvgIpc) is 3.13. The zero-order valence-corrected chi connectivity index (χ0v) is 19.4. The molecule has 2 heterocycles. The number of carbonyl (C=O) groups is 1. The summed E-state index contributed by atoms with van der Waals surface area (Å²) in [5, 5.41) is 0. The summed E-state index contributed by atoms with van der Waals surface area (Å²) in [5.41, 5.74) is 3.89. The molecule has 0 bridgehead atoms. The van der Waals surface area contributed by atoms with E-state index in [1.165, 1.54) is 18.2 Å². The van der Waals surface area contributed by atoms with E-state index in [-0.39, 0.29) is 16.4 Å². The van der Waals surface area contributed by atoms with Gasteiger partial charge in [0, 0.05) is 17.3 Å². The van der Waals surface area contributed by atoms with Crippen LogP contribution in [0, 0.1) is 6.92 Å². The van der Waals surface area contributed by atoms with Crippen molar-refractivity contribution in [3.8, 4) is 5.75 Å². The Bertz CT molecular complexity index is 1390. The Morgan fingerprint density at radius 3 is 2.45 bits per heavy atom. The Kier molecular flexibility index (Phi) is 5.73. The molecule has 4 aromatic rings. The summed E-state index contributed by atoms with van der Waals surface area (Å²) in [7, 11) is -3.99. The van der Waals surface area contributed by atoms with Gasteiger partial charge in [0.15, 0.2) is 5.75 Å². The van der Waals surface area contributed by atoms with Crippen molar-refractivity contribution in [2.75, 3.05) is 0 Å². The van der Waals surface area contributed by atoms with Gasteiger partial charge in [-0.25, -0.2) is 0 Å². The van der Waals surface area contributed by atoms with Crippen LogP contribution in [0.1, 0.15) is 34.1 Å². The summed E-state index contributed by atoms with van der Waals surface area (Å²) in [6, 6.07) is 18.9. The number of carbonyl (C=O) groups excluding carboxylic acids is 1. The van der Waals surface area contributed by atoms with E-state index in [1.54, 1.807) is 24.3 Å². The summed E-state index contributed by atoms with van der Waals surface area (Å²) in [6.07, 6.45) is 2.59. The molecule has 31 heavy (non-hydrogen) atoms. The van der Waals surface area contributed by atoms with Crippen molar-refractivity contribution >= 4 is 37.3 Å². The van der Waals surface area contributed by atoms with Gasteiger partial charge < -0.3 is 8.58 Å². The first-order chi connectivity index (χ1) is 14.8. The van der Waals surface area contributed by atoms with E-state index >= 15 is 0 Å². The predicted octanol–water partition coefficient (Wildman–Crippen LogP) is 5.57. The minimum atomic E-state index is -3.99. The first kappa shape index (κ1) is 21.3. The molecule has 2 aromatic carbocycles. The van der Waals surface area contributed by atoms with Gasteiger partial charge in [-0.1, -0.05) is 30.7 Å². The van der Waals surface area contributed by atoms with Crippen LogP contribution in [-0.2, 0) is 16.5 Å². The van der Waals surface area contributed by atoms with Crippen molar-refractivity contribution in [2.45, 2.75) is 25.2 Å². The molecule has 0 aliphatic heterocycles. The lowest BCUT2D eigenvalue weighted by molar-refractivity contribution is 0.103. The number of aryl methyl sites for hydroxylation is 2. The zero-order chi connectivity index (χ0) is 22.2. The molecule has 7 heteroatoms. The minimum absolute atomic E-state index is 0.0670. The standard InChI is InChI=1S/C24H20BrNO4S/c1-3-17-14-19-6-4-5-13-26(19)23(17)24(27)18-9-12-22(21(25)15-18)30-31(28,29)20-10-7-16(2)8-11-20/h4-15H,3H2,1-2H3. The number of hydrogen-bond donors (Lipinski definition) is 0. The second kappa shape index (κ2) is 8.32. The van der Waals surface area contributed by atoms with E-state index in [0.29, 0.717) is 15.7 Å². The molecule has 0 spiro atoms. The van der Waals surface area contributed by atoms with Gasteiger partial charge in [0.05, 0.1) is 10.2 Å². The van der Waals surface area contributed by atoms with E-state index < -0.39 is 10.1 Å². The molecular formula is C24H20BrNO4S. The fourth-order valence-corrected chi connectivity index (χ4v) is 4.94. The van der Waals surface area contributed by atoms with Crippen LogP contribution in [0.15, 0.2) is 82.3 Å². The van der Waals surface area contributed by atoms with Gasteiger partial charge in [-0.05, 0) is 83.4 Å². The lowest BCUT2D eigenvalue weighted by Crippen LogP contribution is -2.11. The third-order valence-electron chi connectivity index (χ3n) is 5.06. The normalized spacial score (nSPS) is 11.6. The summed E-state index contributed by atoms with van der Waals surface area (Å²) in [5.74, 6) is -0.0236. The number of benzene rings is 2.